The zero-order valence-electron chi connectivity index (χ0n) is 8.76. The SMILES string of the molecule is O=C(CCl)c1cc(F)cc2c1OCCCC2. The molecule has 16 heavy (non-hydrogen) atoms. The second-order valence-corrected chi connectivity index (χ2v) is 4.07. The lowest BCUT2D eigenvalue weighted by Crippen LogP contribution is -2.07. The van der Waals surface area contributed by atoms with Gasteiger partial charge >= 0.3 is 0 Å². The third-order valence-corrected chi connectivity index (χ3v) is 2.88. The molecule has 0 fully saturated rings. The number of hydrogen-bond donors (Lipinski definition) is 0. The van der Waals surface area contributed by atoms with Crippen molar-refractivity contribution < 1.29 is 13.9 Å². The van der Waals surface area contributed by atoms with Crippen LogP contribution in [0.15, 0.2) is 12.1 Å². The fourth-order valence-corrected chi connectivity index (χ4v) is 2.02. The van der Waals surface area contributed by atoms with Crippen molar-refractivity contribution in [3.8, 4) is 5.75 Å². The van der Waals surface area contributed by atoms with Crippen LogP contribution in [0, 0.1) is 5.82 Å². The van der Waals surface area contributed by atoms with Gasteiger partial charge in [-0.1, -0.05) is 0 Å². The summed E-state index contributed by atoms with van der Waals surface area (Å²) in [6.07, 6.45) is 2.62. The summed E-state index contributed by atoms with van der Waals surface area (Å²) in [7, 11) is 0. The number of ketones is 1. The summed E-state index contributed by atoms with van der Waals surface area (Å²) in [4.78, 5) is 11.6. The quantitative estimate of drug-likeness (QED) is 0.589. The summed E-state index contributed by atoms with van der Waals surface area (Å²) in [5.74, 6) is -0.333. The van der Waals surface area contributed by atoms with Crippen molar-refractivity contribution in [2.75, 3.05) is 12.5 Å². The fraction of sp³-hybridized carbons (Fsp3) is 0.417. The minimum absolute atomic E-state index is 0.154. The van der Waals surface area contributed by atoms with Gasteiger partial charge in [-0.15, -0.1) is 11.6 Å². The molecule has 1 aliphatic rings. The van der Waals surface area contributed by atoms with Crippen molar-refractivity contribution in [1.82, 2.24) is 0 Å². The number of hydrogen-bond acceptors (Lipinski definition) is 2. The second-order valence-electron chi connectivity index (χ2n) is 3.80. The Labute approximate surface area is 98.4 Å². The number of fused-ring (bicyclic) bond motifs is 1. The first-order valence-corrected chi connectivity index (χ1v) is 5.80. The maximum absolute atomic E-state index is 13.3. The van der Waals surface area contributed by atoms with Gasteiger partial charge in [0.25, 0.3) is 0 Å². The average Bonchev–Trinajstić information content (AvgIpc) is 2.51. The molecule has 0 N–H and O–H groups in total. The summed E-state index contributed by atoms with van der Waals surface area (Å²) in [6.45, 7) is 0.571. The molecule has 0 amide bonds. The third-order valence-electron chi connectivity index (χ3n) is 2.64. The van der Waals surface area contributed by atoms with Crippen molar-refractivity contribution in [2.45, 2.75) is 19.3 Å². The number of carbonyl (C=O) groups is 1. The van der Waals surface area contributed by atoms with E-state index in [9.17, 15) is 9.18 Å². The summed E-state index contributed by atoms with van der Waals surface area (Å²) in [5, 5.41) is 0. The number of rotatable bonds is 2. The average molecular weight is 243 g/mol. The van der Waals surface area contributed by atoms with Gasteiger partial charge in [0.05, 0.1) is 18.1 Å². The number of ether oxygens (including phenoxy) is 1. The molecule has 0 atom stereocenters. The molecular weight excluding hydrogens is 231 g/mol. The fourth-order valence-electron chi connectivity index (χ4n) is 1.88. The number of alkyl halides is 1. The van der Waals surface area contributed by atoms with Crippen LogP contribution in [-0.2, 0) is 6.42 Å². The predicted octanol–water partition coefficient (Wildman–Crippen LogP) is 2.96. The van der Waals surface area contributed by atoms with Crippen molar-refractivity contribution in [2.24, 2.45) is 0 Å². The van der Waals surface area contributed by atoms with E-state index < -0.39 is 5.82 Å². The molecule has 1 heterocycles. The summed E-state index contributed by atoms with van der Waals surface area (Å²) < 4.78 is 18.8. The van der Waals surface area contributed by atoms with E-state index in [1.54, 1.807) is 0 Å². The lowest BCUT2D eigenvalue weighted by molar-refractivity contribution is 0.101. The van der Waals surface area contributed by atoms with Crippen LogP contribution in [0.4, 0.5) is 4.39 Å². The molecule has 0 unspecified atom stereocenters. The first-order chi connectivity index (χ1) is 7.72. The molecule has 1 aromatic rings. The van der Waals surface area contributed by atoms with Crippen molar-refractivity contribution in [3.63, 3.8) is 0 Å². The summed E-state index contributed by atoms with van der Waals surface area (Å²) in [6, 6.07) is 2.64. The lowest BCUT2D eigenvalue weighted by atomic mass is 10.0. The van der Waals surface area contributed by atoms with Gasteiger partial charge in [0.15, 0.2) is 5.78 Å². The van der Waals surface area contributed by atoms with Crippen LogP contribution in [0.3, 0.4) is 0 Å². The molecule has 1 aromatic carbocycles. The zero-order valence-corrected chi connectivity index (χ0v) is 9.52. The van der Waals surface area contributed by atoms with Gasteiger partial charge in [0.2, 0.25) is 0 Å². The molecule has 0 radical (unpaired) electrons. The van der Waals surface area contributed by atoms with E-state index in [1.807, 2.05) is 0 Å². The van der Waals surface area contributed by atoms with Crippen LogP contribution in [0.2, 0.25) is 0 Å². The van der Waals surface area contributed by atoms with E-state index >= 15 is 0 Å². The number of Topliss-reactive ketones (excluding diaryl/α,β-unsaturated/α-hetero) is 1. The van der Waals surface area contributed by atoms with E-state index in [2.05, 4.69) is 0 Å². The first kappa shape index (κ1) is 11.4. The van der Waals surface area contributed by atoms with Crippen molar-refractivity contribution in [3.05, 3.63) is 29.1 Å². The Balaban J connectivity index is 2.50. The molecule has 2 rings (SSSR count). The van der Waals surface area contributed by atoms with Gasteiger partial charge in [-0.2, -0.15) is 0 Å². The number of benzene rings is 1. The number of halogens is 2. The smallest absolute Gasteiger partial charge is 0.181 e. The van der Waals surface area contributed by atoms with Gasteiger partial charge in [0.1, 0.15) is 11.6 Å². The molecule has 86 valence electrons. The Bertz CT molecular complexity index is 418. The monoisotopic (exact) mass is 242 g/mol. The zero-order chi connectivity index (χ0) is 11.5. The van der Waals surface area contributed by atoms with Crippen LogP contribution in [0.25, 0.3) is 0 Å². The van der Waals surface area contributed by atoms with E-state index in [4.69, 9.17) is 16.3 Å². The molecule has 2 nitrogen and oxygen atoms in total. The van der Waals surface area contributed by atoms with E-state index in [-0.39, 0.29) is 17.2 Å². The Morgan fingerprint density at radius 3 is 3.00 bits per heavy atom. The van der Waals surface area contributed by atoms with Crippen molar-refractivity contribution in [1.29, 1.82) is 0 Å². The predicted molar refractivity (Wildman–Crippen MR) is 59.9 cm³/mol. The van der Waals surface area contributed by atoms with Crippen molar-refractivity contribution >= 4 is 17.4 Å². The first-order valence-electron chi connectivity index (χ1n) is 5.26. The van der Waals surface area contributed by atoms with Crippen LogP contribution in [0.5, 0.6) is 5.75 Å². The molecule has 0 bridgehead atoms. The normalized spacial score (nSPS) is 14.9. The molecular formula is C12H12ClFO2. The van der Waals surface area contributed by atoms with Gasteiger partial charge in [-0.25, -0.2) is 4.39 Å². The molecule has 1 aliphatic heterocycles. The largest absolute Gasteiger partial charge is 0.493 e. The minimum atomic E-state index is -0.405. The standard InChI is InChI=1S/C12H12ClFO2/c13-7-11(15)10-6-9(14)5-8-3-1-2-4-16-12(8)10/h5-6H,1-4,7H2. The maximum atomic E-state index is 13.3. The van der Waals surface area contributed by atoms with E-state index in [0.29, 0.717) is 12.4 Å². The highest BCUT2D eigenvalue weighted by molar-refractivity contribution is 6.30. The molecule has 0 aliphatic carbocycles. The van der Waals surface area contributed by atoms with Crippen LogP contribution >= 0.6 is 11.6 Å². The molecule has 0 spiro atoms. The Hall–Kier alpha value is -1.09. The van der Waals surface area contributed by atoms with Gasteiger partial charge in [-0.05, 0) is 37.0 Å². The lowest BCUT2D eigenvalue weighted by Gasteiger charge is -2.11. The molecule has 0 aromatic heterocycles. The Kier molecular flexibility index (Phi) is 3.44. The van der Waals surface area contributed by atoms with Gasteiger partial charge < -0.3 is 4.74 Å². The van der Waals surface area contributed by atoms with Gasteiger partial charge in [0, 0.05) is 0 Å². The highest BCUT2D eigenvalue weighted by Crippen LogP contribution is 2.30. The molecule has 0 saturated carbocycles. The third kappa shape index (κ3) is 2.19. The molecule has 0 saturated heterocycles. The number of aryl methyl sites for hydroxylation is 1. The summed E-state index contributed by atoms with van der Waals surface area (Å²) >= 11 is 5.49. The molecule has 4 heteroatoms. The minimum Gasteiger partial charge on any atom is -0.493 e. The summed E-state index contributed by atoms with van der Waals surface area (Å²) in [5.41, 5.74) is 1.04. The second kappa shape index (κ2) is 4.83. The maximum Gasteiger partial charge on any atom is 0.181 e. The van der Waals surface area contributed by atoms with Crippen LogP contribution in [0.1, 0.15) is 28.8 Å². The van der Waals surface area contributed by atoms with E-state index in [1.165, 1.54) is 12.1 Å². The Morgan fingerprint density at radius 2 is 2.25 bits per heavy atom. The topological polar surface area (TPSA) is 26.3 Å². The van der Waals surface area contributed by atoms with Crippen LogP contribution in [-0.4, -0.2) is 18.3 Å². The highest BCUT2D eigenvalue weighted by Gasteiger charge is 2.19. The highest BCUT2D eigenvalue weighted by atomic mass is 35.5. The number of carbonyl (C=O) groups excluding carboxylic acids is 1. The van der Waals surface area contributed by atoms with Gasteiger partial charge in [-0.3, -0.25) is 4.79 Å². The van der Waals surface area contributed by atoms with E-state index in [0.717, 1.165) is 24.8 Å². The Morgan fingerprint density at radius 1 is 1.44 bits per heavy atom. The van der Waals surface area contributed by atoms with Crippen LogP contribution < -0.4 is 4.74 Å².